The van der Waals surface area contributed by atoms with E-state index in [0.717, 1.165) is 88.8 Å². The predicted molar refractivity (Wildman–Crippen MR) is 160 cm³/mol. The summed E-state index contributed by atoms with van der Waals surface area (Å²) in [6, 6.07) is 23.8. The van der Waals surface area contributed by atoms with Crippen LogP contribution < -0.4 is 5.32 Å². The fraction of sp³-hybridized carbons (Fsp3) is 0.273. The summed E-state index contributed by atoms with van der Waals surface area (Å²) in [6.45, 7) is 3.98. The van der Waals surface area contributed by atoms with Crippen molar-refractivity contribution in [1.29, 1.82) is 0 Å². The maximum atomic E-state index is 6.17. The summed E-state index contributed by atoms with van der Waals surface area (Å²) >= 11 is 0. The second-order valence-electron chi connectivity index (χ2n) is 11.1. The molecule has 1 N–H and O–H groups in total. The smallest absolute Gasteiger partial charge is 0.150 e. The lowest BCUT2D eigenvalue weighted by molar-refractivity contribution is -0.0365. The lowest BCUT2D eigenvalue weighted by atomic mass is 9.95. The molecule has 0 spiro atoms. The first-order chi connectivity index (χ1) is 20.2. The number of hydrogen-bond acceptors (Lipinski definition) is 6. The number of benzene rings is 3. The minimum Gasteiger partial charge on any atom is -0.356 e. The van der Waals surface area contributed by atoms with Gasteiger partial charge in [0.15, 0.2) is 6.23 Å². The van der Waals surface area contributed by atoms with E-state index < -0.39 is 0 Å². The Morgan fingerprint density at radius 1 is 0.976 bits per heavy atom. The van der Waals surface area contributed by atoms with Gasteiger partial charge in [0.1, 0.15) is 11.4 Å². The Labute approximate surface area is 238 Å². The third-order valence-corrected chi connectivity index (χ3v) is 8.50. The lowest BCUT2D eigenvalue weighted by Crippen LogP contribution is -2.27. The molecule has 1 fully saturated rings. The van der Waals surface area contributed by atoms with Gasteiger partial charge in [-0.05, 0) is 92.2 Å². The van der Waals surface area contributed by atoms with Gasteiger partial charge >= 0.3 is 0 Å². The summed E-state index contributed by atoms with van der Waals surface area (Å²) in [5.41, 5.74) is 9.45. The van der Waals surface area contributed by atoms with Crippen LogP contribution in [0.3, 0.4) is 0 Å². The molecule has 5 heterocycles. The van der Waals surface area contributed by atoms with Crippen LogP contribution in [-0.4, -0.2) is 42.9 Å². The minimum atomic E-state index is -0.0853. The molecule has 2 unspecified atom stereocenters. The summed E-state index contributed by atoms with van der Waals surface area (Å²) in [4.78, 5) is 4.70. The fourth-order valence-electron chi connectivity index (χ4n) is 6.26. The normalized spacial score (nSPS) is 19.0. The zero-order valence-corrected chi connectivity index (χ0v) is 23.0. The molecule has 8 rings (SSSR count). The Morgan fingerprint density at radius 3 is 2.85 bits per heavy atom. The Bertz CT molecular complexity index is 1900. The van der Waals surface area contributed by atoms with Crippen molar-refractivity contribution in [3.8, 4) is 28.2 Å². The number of nitrogens with zero attached hydrogens (tertiary/aromatic N) is 6. The Balaban J connectivity index is 1.24. The van der Waals surface area contributed by atoms with Crippen LogP contribution >= 0.6 is 0 Å². The molecule has 0 amide bonds. The highest BCUT2D eigenvalue weighted by atomic mass is 16.5. The molecule has 2 aliphatic heterocycles. The number of aromatic nitrogens is 6. The number of fused-ring (bicyclic) bond motifs is 3. The van der Waals surface area contributed by atoms with Crippen molar-refractivity contribution in [2.24, 2.45) is 0 Å². The van der Waals surface area contributed by atoms with Gasteiger partial charge in [0, 0.05) is 35.2 Å². The summed E-state index contributed by atoms with van der Waals surface area (Å²) < 4.78 is 10.1. The molecule has 8 nitrogen and oxygen atoms in total. The number of para-hydroxylation sites is 1. The number of ether oxygens (including phenoxy) is 1. The third kappa shape index (κ3) is 4.31. The fourth-order valence-corrected chi connectivity index (χ4v) is 6.26. The first-order valence-electron chi connectivity index (χ1n) is 14.5. The summed E-state index contributed by atoms with van der Waals surface area (Å²) in [5, 5.41) is 20.0. The topological polar surface area (TPSA) is 82.7 Å². The molecule has 41 heavy (non-hydrogen) atoms. The average Bonchev–Trinajstić information content (AvgIpc) is 3.66. The van der Waals surface area contributed by atoms with Crippen LogP contribution in [-0.2, 0) is 11.2 Å². The summed E-state index contributed by atoms with van der Waals surface area (Å²) in [6.07, 6.45) is 8.05. The van der Waals surface area contributed by atoms with Crippen LogP contribution in [0, 0.1) is 0 Å². The van der Waals surface area contributed by atoms with Crippen molar-refractivity contribution in [3.05, 3.63) is 90.3 Å². The highest BCUT2D eigenvalue weighted by Gasteiger charge is 2.24. The highest BCUT2D eigenvalue weighted by molar-refractivity contribution is 5.96. The average molecular weight is 542 g/mol. The molecular formula is C33H31N7O. The van der Waals surface area contributed by atoms with Crippen LogP contribution in [0.5, 0.6) is 0 Å². The van der Waals surface area contributed by atoms with E-state index in [2.05, 4.69) is 71.1 Å². The molecule has 0 aliphatic carbocycles. The largest absolute Gasteiger partial charge is 0.356 e. The molecule has 0 bridgehead atoms. The second-order valence-corrected chi connectivity index (χ2v) is 11.1. The molecule has 3 aromatic carbocycles. The van der Waals surface area contributed by atoms with Crippen molar-refractivity contribution in [1.82, 2.24) is 35.1 Å². The third-order valence-electron chi connectivity index (χ3n) is 8.50. The van der Waals surface area contributed by atoms with E-state index in [1.54, 1.807) is 0 Å². The maximum absolute atomic E-state index is 6.17. The van der Waals surface area contributed by atoms with Crippen molar-refractivity contribution in [3.63, 3.8) is 0 Å². The van der Waals surface area contributed by atoms with Crippen molar-refractivity contribution < 1.29 is 4.74 Å². The lowest BCUT2D eigenvalue weighted by Gasteiger charge is -2.24. The van der Waals surface area contributed by atoms with E-state index in [1.807, 2.05) is 40.0 Å². The van der Waals surface area contributed by atoms with Gasteiger partial charge in [-0.2, -0.15) is 5.10 Å². The van der Waals surface area contributed by atoms with Gasteiger partial charge in [-0.25, -0.2) is 9.36 Å². The van der Waals surface area contributed by atoms with Gasteiger partial charge in [-0.15, -0.1) is 5.10 Å². The van der Waals surface area contributed by atoms with Gasteiger partial charge in [0.2, 0.25) is 0 Å². The monoisotopic (exact) mass is 541 g/mol. The number of rotatable bonds is 4. The minimum absolute atomic E-state index is 0.0853. The van der Waals surface area contributed by atoms with Crippen LogP contribution in [0.1, 0.15) is 49.6 Å². The van der Waals surface area contributed by atoms with Gasteiger partial charge in [0.05, 0.1) is 22.9 Å². The Morgan fingerprint density at radius 2 is 1.93 bits per heavy atom. The van der Waals surface area contributed by atoms with Gasteiger partial charge in [-0.1, -0.05) is 35.5 Å². The molecule has 0 saturated carbocycles. The van der Waals surface area contributed by atoms with E-state index >= 15 is 0 Å². The summed E-state index contributed by atoms with van der Waals surface area (Å²) in [5.74, 6) is 0. The molecule has 3 aromatic heterocycles. The second kappa shape index (κ2) is 9.90. The van der Waals surface area contributed by atoms with Crippen LogP contribution in [0.2, 0.25) is 0 Å². The molecule has 6 aromatic rings. The zero-order chi connectivity index (χ0) is 27.3. The predicted octanol–water partition coefficient (Wildman–Crippen LogP) is 6.41. The maximum Gasteiger partial charge on any atom is 0.150 e. The number of nitrogens with one attached hydrogen (secondary N) is 1. The van der Waals surface area contributed by atoms with E-state index in [0.29, 0.717) is 6.04 Å². The molecule has 2 aliphatic rings. The Hall–Kier alpha value is -4.40. The first-order valence-corrected chi connectivity index (χ1v) is 14.5. The number of pyridine rings is 1. The molecular weight excluding hydrogens is 510 g/mol. The molecule has 2 atom stereocenters. The van der Waals surface area contributed by atoms with Gasteiger partial charge < -0.3 is 10.1 Å². The van der Waals surface area contributed by atoms with Gasteiger partial charge in [-0.3, -0.25) is 4.98 Å². The number of hydrogen-bond donors (Lipinski definition) is 1. The van der Waals surface area contributed by atoms with Crippen LogP contribution in [0.25, 0.3) is 50.0 Å². The highest BCUT2D eigenvalue weighted by Crippen LogP contribution is 2.35. The molecule has 1 saturated heterocycles. The van der Waals surface area contributed by atoms with E-state index in [4.69, 9.17) is 14.8 Å². The molecule has 204 valence electrons. The van der Waals surface area contributed by atoms with Crippen LogP contribution in [0.15, 0.2) is 79.1 Å². The van der Waals surface area contributed by atoms with Crippen LogP contribution in [0.4, 0.5) is 0 Å². The van der Waals surface area contributed by atoms with E-state index in [9.17, 15) is 0 Å². The zero-order valence-electron chi connectivity index (χ0n) is 23.0. The van der Waals surface area contributed by atoms with E-state index in [-0.39, 0.29) is 6.23 Å². The standard InChI is InChI=1S/C33H31N7O/c1-21-27-18-26(11-9-22(27)13-14-34-21)39-20-30(36-38-39)33-28-17-23(25-16-24-6-2-3-7-29(24)35-19-25)10-12-31(28)40(37-33)32-8-4-5-15-41-32/h2-3,6-7,9-12,16-21,32,34H,4-5,8,13-15H2,1H3. The first kappa shape index (κ1) is 24.4. The van der Waals surface area contributed by atoms with Gasteiger partial charge in [0.25, 0.3) is 0 Å². The van der Waals surface area contributed by atoms with Crippen molar-refractivity contribution in [2.45, 2.75) is 44.9 Å². The molecule has 0 radical (unpaired) electrons. The summed E-state index contributed by atoms with van der Waals surface area (Å²) in [7, 11) is 0. The van der Waals surface area contributed by atoms with Crippen molar-refractivity contribution in [2.75, 3.05) is 13.2 Å². The van der Waals surface area contributed by atoms with Crippen molar-refractivity contribution >= 4 is 21.8 Å². The Kier molecular flexibility index (Phi) is 5.89. The quantitative estimate of drug-likeness (QED) is 0.278. The molecule has 8 heteroatoms. The van der Waals surface area contributed by atoms with E-state index in [1.165, 1.54) is 11.1 Å². The SMILES string of the molecule is CC1NCCc2ccc(-n3cc(-c4nn(C5CCCCO5)c5ccc(-c6cnc7ccccc7c6)cc45)nn3)cc21.